The number of aromatic nitrogens is 1. The first-order chi connectivity index (χ1) is 34.2. The quantitative estimate of drug-likeness (QED) is 0.150. The third-order valence-corrected chi connectivity index (χ3v) is 15.1. The smallest absolute Gasteiger partial charge is 0.0716 e. The van der Waals surface area contributed by atoms with E-state index in [1.54, 1.807) is 0 Å². The molecule has 0 bridgehead atoms. The molecule has 14 rings (SSSR count). The Kier molecular flexibility index (Phi) is 8.94. The van der Waals surface area contributed by atoms with Crippen LogP contribution in [0.2, 0.25) is 0 Å². The van der Waals surface area contributed by atoms with Gasteiger partial charge < -0.3 is 4.57 Å². The predicted molar refractivity (Wildman–Crippen MR) is 287 cm³/mol. The lowest BCUT2D eigenvalue weighted by atomic mass is 9.65. The molecule has 1 unspecified atom stereocenters. The van der Waals surface area contributed by atoms with E-state index in [4.69, 9.17) is 0 Å². The first-order valence-electron chi connectivity index (χ1n) is 24.1. The van der Waals surface area contributed by atoms with Crippen LogP contribution in [0.4, 0.5) is 0 Å². The molecule has 2 aliphatic rings. The van der Waals surface area contributed by atoms with Gasteiger partial charge in [-0.15, -0.1) is 0 Å². The number of para-hydroxylation sites is 1. The van der Waals surface area contributed by atoms with Gasteiger partial charge >= 0.3 is 0 Å². The normalized spacial score (nSPS) is 14.1. The monoisotopic (exact) mass is 875 g/mol. The van der Waals surface area contributed by atoms with Crippen molar-refractivity contribution in [3.63, 3.8) is 0 Å². The van der Waals surface area contributed by atoms with Gasteiger partial charge in [-0.2, -0.15) is 0 Å². The Balaban J connectivity index is 0.997. The maximum Gasteiger partial charge on any atom is 0.0716 e. The van der Waals surface area contributed by atoms with E-state index in [-0.39, 0.29) is 5.92 Å². The average Bonchev–Trinajstić information content (AvgIpc) is 4.06. The van der Waals surface area contributed by atoms with Crippen molar-refractivity contribution in [3.05, 3.63) is 306 Å². The fourth-order valence-corrected chi connectivity index (χ4v) is 12.2. The number of benzene rings is 11. The first kappa shape index (κ1) is 39.4. The Morgan fingerprint density at radius 2 is 0.870 bits per heavy atom. The molecular weight excluding hydrogens is 831 g/mol. The van der Waals surface area contributed by atoms with E-state index in [2.05, 4.69) is 271 Å². The zero-order valence-corrected chi connectivity index (χ0v) is 37.9. The van der Waals surface area contributed by atoms with Gasteiger partial charge in [-0.1, -0.05) is 231 Å². The number of rotatable bonds is 7. The molecular formula is C68H45N. The molecule has 2 aliphatic carbocycles. The molecule has 0 aliphatic heterocycles. The molecule has 0 spiro atoms. The third kappa shape index (κ3) is 5.97. The SMILES string of the molecule is c1ccc(-c2cccc(C3c4ccc(-c5ccc6c(c5)c5ccccc5n6-c5cccc(-c6ccccc6)c5)cc4-c4ccc5c(c43)C(c3ccccc3)(c3ccccc3)c3ccccc3-5)c2)cc1. The fraction of sp³-hybridized carbons (Fsp3) is 0.0294. The summed E-state index contributed by atoms with van der Waals surface area (Å²) >= 11 is 0. The zero-order chi connectivity index (χ0) is 45.5. The zero-order valence-electron chi connectivity index (χ0n) is 37.9. The molecule has 1 heterocycles. The van der Waals surface area contributed by atoms with Gasteiger partial charge in [0.25, 0.3) is 0 Å². The number of nitrogens with zero attached hydrogens (tertiary/aromatic N) is 1. The van der Waals surface area contributed by atoms with Crippen molar-refractivity contribution >= 4 is 21.8 Å². The molecule has 1 heteroatoms. The summed E-state index contributed by atoms with van der Waals surface area (Å²) in [7, 11) is 0. The summed E-state index contributed by atoms with van der Waals surface area (Å²) in [6, 6.07) is 99.5. The van der Waals surface area contributed by atoms with Gasteiger partial charge in [0.1, 0.15) is 0 Å². The Hall–Kier alpha value is -8.78. The van der Waals surface area contributed by atoms with Gasteiger partial charge in [-0.3, -0.25) is 0 Å². The molecule has 1 aromatic heterocycles. The van der Waals surface area contributed by atoms with Crippen molar-refractivity contribution < 1.29 is 0 Å². The van der Waals surface area contributed by atoms with E-state index in [9.17, 15) is 0 Å². The number of fused-ring (bicyclic) bond motifs is 10. The van der Waals surface area contributed by atoms with E-state index in [1.807, 2.05) is 0 Å². The first-order valence-corrected chi connectivity index (χ1v) is 24.1. The molecule has 69 heavy (non-hydrogen) atoms. The van der Waals surface area contributed by atoms with Crippen LogP contribution in [0.3, 0.4) is 0 Å². The van der Waals surface area contributed by atoms with Gasteiger partial charge in [0.2, 0.25) is 0 Å². The standard InChI is InChI=1S/C68H45N/c1-5-19-45(20-6-1)47-23-17-25-51(41-47)65-57-37-35-49(50-36-40-64-61(44-50)56-32-14-16-34-63(56)69(64)54-30-18-24-48(42-54)46-21-7-2-8-22-46)43-60(57)58-38-39-59-55-31-13-15-33-62(55)68(67(59)66(58)65,52-26-9-3-10-27-52)53-28-11-4-12-29-53/h1-44,65H. The van der Waals surface area contributed by atoms with E-state index in [0.717, 1.165) is 5.69 Å². The predicted octanol–water partition coefficient (Wildman–Crippen LogP) is 17.3. The minimum atomic E-state index is -0.542. The highest BCUT2D eigenvalue weighted by Crippen LogP contribution is 2.63. The molecule has 1 atom stereocenters. The third-order valence-electron chi connectivity index (χ3n) is 15.1. The van der Waals surface area contributed by atoms with Crippen LogP contribution >= 0.6 is 0 Å². The average molecular weight is 876 g/mol. The lowest BCUT2D eigenvalue weighted by Gasteiger charge is -2.36. The van der Waals surface area contributed by atoms with Crippen LogP contribution in [0.5, 0.6) is 0 Å². The largest absolute Gasteiger partial charge is 0.309 e. The Labute approximate surface area is 402 Å². The van der Waals surface area contributed by atoms with Crippen molar-refractivity contribution in [2.75, 3.05) is 0 Å². The summed E-state index contributed by atoms with van der Waals surface area (Å²) in [5.41, 5.74) is 24.8. The van der Waals surface area contributed by atoms with Crippen molar-refractivity contribution in [1.82, 2.24) is 4.57 Å². The summed E-state index contributed by atoms with van der Waals surface area (Å²) in [5, 5.41) is 2.49. The molecule has 1 nitrogen and oxygen atoms in total. The summed E-state index contributed by atoms with van der Waals surface area (Å²) in [6.07, 6.45) is 0. The summed E-state index contributed by atoms with van der Waals surface area (Å²) in [5.74, 6) is -0.00382. The van der Waals surface area contributed by atoms with Gasteiger partial charge in [0.15, 0.2) is 0 Å². The highest BCUT2D eigenvalue weighted by molar-refractivity contribution is 6.10. The molecule has 12 aromatic rings. The fourth-order valence-electron chi connectivity index (χ4n) is 12.2. The molecule has 0 saturated carbocycles. The highest BCUT2D eigenvalue weighted by Gasteiger charge is 2.50. The van der Waals surface area contributed by atoms with Crippen LogP contribution in [0, 0.1) is 0 Å². The maximum atomic E-state index is 2.49. The highest BCUT2D eigenvalue weighted by atomic mass is 15.0. The summed E-state index contributed by atoms with van der Waals surface area (Å²) < 4.78 is 2.43. The minimum absolute atomic E-state index is 0.00382. The Morgan fingerprint density at radius 3 is 1.61 bits per heavy atom. The Morgan fingerprint density at radius 1 is 0.319 bits per heavy atom. The van der Waals surface area contributed by atoms with Gasteiger partial charge in [-0.05, 0) is 131 Å². The van der Waals surface area contributed by atoms with Gasteiger partial charge in [-0.25, -0.2) is 0 Å². The summed E-state index contributed by atoms with van der Waals surface area (Å²) in [6.45, 7) is 0. The van der Waals surface area contributed by atoms with Crippen LogP contribution in [-0.2, 0) is 5.41 Å². The van der Waals surface area contributed by atoms with E-state index >= 15 is 0 Å². The Bertz CT molecular complexity index is 3900. The summed E-state index contributed by atoms with van der Waals surface area (Å²) in [4.78, 5) is 0. The molecule has 11 aromatic carbocycles. The molecule has 0 saturated heterocycles. The number of hydrogen-bond acceptors (Lipinski definition) is 0. The molecule has 0 fully saturated rings. The van der Waals surface area contributed by atoms with Crippen molar-refractivity contribution in [3.8, 4) is 61.3 Å². The lowest BCUT2D eigenvalue weighted by molar-refractivity contribution is 0.752. The molecule has 0 amide bonds. The van der Waals surface area contributed by atoms with Crippen molar-refractivity contribution in [2.45, 2.75) is 11.3 Å². The second-order valence-electron chi connectivity index (χ2n) is 18.7. The molecule has 0 radical (unpaired) electrons. The van der Waals surface area contributed by atoms with Crippen molar-refractivity contribution in [2.24, 2.45) is 0 Å². The van der Waals surface area contributed by atoms with Crippen LogP contribution < -0.4 is 0 Å². The minimum Gasteiger partial charge on any atom is -0.309 e. The topological polar surface area (TPSA) is 4.93 Å². The van der Waals surface area contributed by atoms with Crippen molar-refractivity contribution in [1.29, 1.82) is 0 Å². The second kappa shape index (κ2) is 15.7. The second-order valence-corrected chi connectivity index (χ2v) is 18.7. The van der Waals surface area contributed by atoms with Gasteiger partial charge in [0, 0.05) is 22.4 Å². The van der Waals surface area contributed by atoms with Crippen LogP contribution in [-0.4, -0.2) is 4.57 Å². The van der Waals surface area contributed by atoms with Crippen LogP contribution in [0.15, 0.2) is 267 Å². The van der Waals surface area contributed by atoms with E-state index < -0.39 is 5.41 Å². The van der Waals surface area contributed by atoms with Gasteiger partial charge in [0.05, 0.1) is 16.4 Å². The van der Waals surface area contributed by atoms with E-state index in [0.29, 0.717) is 0 Å². The van der Waals surface area contributed by atoms with Crippen LogP contribution in [0.25, 0.3) is 83.1 Å². The lowest BCUT2D eigenvalue weighted by Crippen LogP contribution is -2.30. The maximum absolute atomic E-state index is 2.49. The van der Waals surface area contributed by atoms with Crippen LogP contribution in [0.1, 0.15) is 44.9 Å². The number of hydrogen-bond donors (Lipinski definition) is 0. The molecule has 0 N–H and O–H groups in total. The molecule has 322 valence electrons. The van der Waals surface area contributed by atoms with E-state index in [1.165, 1.54) is 116 Å².